The first-order valence-corrected chi connectivity index (χ1v) is 10.3. The molecule has 2 N–H and O–H groups in total. The van der Waals surface area contributed by atoms with Crippen LogP contribution in [0.15, 0.2) is 18.2 Å². The summed E-state index contributed by atoms with van der Waals surface area (Å²) in [5.41, 5.74) is 0.644. The topological polar surface area (TPSA) is 90.8 Å². The zero-order valence-electron chi connectivity index (χ0n) is 17.5. The minimum absolute atomic E-state index is 0.0694. The van der Waals surface area contributed by atoms with Crippen molar-refractivity contribution in [3.8, 4) is 0 Å². The van der Waals surface area contributed by atoms with E-state index < -0.39 is 30.5 Å². The van der Waals surface area contributed by atoms with Crippen molar-refractivity contribution in [3.63, 3.8) is 0 Å². The number of aromatic nitrogens is 2. The number of hydrogen-bond donors (Lipinski definition) is 2. The minimum atomic E-state index is -2.92. The molecule has 32 heavy (non-hydrogen) atoms. The molecule has 0 aliphatic carbocycles. The number of carbonyl (C=O) groups excluding carboxylic acids is 1. The lowest BCUT2D eigenvalue weighted by Crippen LogP contribution is -2.46. The molecule has 8 nitrogen and oxygen atoms in total. The quantitative estimate of drug-likeness (QED) is 0.727. The summed E-state index contributed by atoms with van der Waals surface area (Å²) in [5, 5.41) is 12.6. The Morgan fingerprint density at radius 1 is 1.19 bits per heavy atom. The van der Waals surface area contributed by atoms with E-state index in [0.717, 1.165) is 6.07 Å². The first kappa shape index (κ1) is 22.3. The Morgan fingerprint density at radius 3 is 2.59 bits per heavy atom. The zero-order chi connectivity index (χ0) is 22.8. The molecule has 4 rings (SSSR count). The van der Waals surface area contributed by atoms with Crippen LogP contribution in [0.1, 0.15) is 47.6 Å². The zero-order valence-corrected chi connectivity index (χ0v) is 17.5. The maximum Gasteiger partial charge on any atom is 0.320 e. The van der Waals surface area contributed by atoms with Gasteiger partial charge in [0.15, 0.2) is 5.82 Å². The summed E-state index contributed by atoms with van der Waals surface area (Å²) < 4.78 is 46.1. The molecule has 2 aromatic rings. The highest BCUT2D eigenvalue weighted by Gasteiger charge is 2.32. The second-order valence-electron chi connectivity index (χ2n) is 7.73. The molecule has 2 aliphatic heterocycles. The number of nitrogens with zero attached hydrogens (tertiary/aromatic N) is 4. The van der Waals surface area contributed by atoms with E-state index in [9.17, 15) is 23.1 Å². The first-order valence-electron chi connectivity index (χ1n) is 10.3. The number of aliphatic hydroxyl groups is 1. The van der Waals surface area contributed by atoms with Crippen LogP contribution in [-0.4, -0.2) is 57.2 Å². The number of rotatable bonds is 5. The number of morpholine rings is 1. The van der Waals surface area contributed by atoms with E-state index >= 15 is 0 Å². The first-order chi connectivity index (χ1) is 15.4. The largest absolute Gasteiger partial charge is 0.388 e. The molecule has 0 unspecified atom stereocenters. The highest BCUT2D eigenvalue weighted by atomic mass is 19.3. The van der Waals surface area contributed by atoms with Crippen LogP contribution in [0, 0.1) is 5.82 Å². The van der Waals surface area contributed by atoms with Crippen molar-refractivity contribution < 1.29 is 27.8 Å². The summed E-state index contributed by atoms with van der Waals surface area (Å²) >= 11 is 0. The molecule has 1 saturated heterocycles. The van der Waals surface area contributed by atoms with Gasteiger partial charge in [0.05, 0.1) is 43.6 Å². The predicted molar refractivity (Wildman–Crippen MR) is 108 cm³/mol. The Morgan fingerprint density at radius 2 is 1.91 bits per heavy atom. The maximum absolute atomic E-state index is 14.6. The van der Waals surface area contributed by atoms with E-state index in [0.29, 0.717) is 43.4 Å². The SMILES string of the molecule is C[C@@H](Nc1nc(CO)nc2c1CN(C(=O)N1CCOCC1)C2)c1cccc(C(F)F)c1F. The molecular weight excluding hydrogens is 427 g/mol. The lowest BCUT2D eigenvalue weighted by Gasteiger charge is -2.30. The molecule has 1 aromatic carbocycles. The highest BCUT2D eigenvalue weighted by molar-refractivity contribution is 5.76. The summed E-state index contributed by atoms with van der Waals surface area (Å²) in [7, 11) is 0. The van der Waals surface area contributed by atoms with Crippen molar-refractivity contribution in [2.75, 3.05) is 31.6 Å². The number of amides is 2. The van der Waals surface area contributed by atoms with E-state index in [4.69, 9.17) is 4.74 Å². The summed E-state index contributed by atoms with van der Waals surface area (Å²) in [6.45, 7) is 3.67. The molecule has 1 atom stereocenters. The van der Waals surface area contributed by atoms with Crippen molar-refractivity contribution in [3.05, 3.63) is 52.2 Å². The molecule has 172 valence electrons. The summed E-state index contributed by atoms with van der Waals surface area (Å²) in [4.78, 5) is 24.9. The normalized spacial score (nSPS) is 16.9. The molecule has 2 amide bonds. The minimum Gasteiger partial charge on any atom is -0.388 e. The number of ether oxygens (including phenoxy) is 1. The van der Waals surface area contributed by atoms with Gasteiger partial charge in [-0.05, 0) is 6.92 Å². The number of halogens is 3. The van der Waals surface area contributed by atoms with E-state index in [-0.39, 0.29) is 30.5 Å². The average Bonchev–Trinajstić information content (AvgIpc) is 3.23. The van der Waals surface area contributed by atoms with Gasteiger partial charge >= 0.3 is 6.03 Å². The number of carbonyl (C=O) groups is 1. The average molecular weight is 451 g/mol. The van der Waals surface area contributed by atoms with Gasteiger partial charge in [0.2, 0.25) is 0 Å². The van der Waals surface area contributed by atoms with Crippen LogP contribution in [0.25, 0.3) is 0 Å². The number of benzene rings is 1. The molecule has 11 heteroatoms. The van der Waals surface area contributed by atoms with Gasteiger partial charge in [-0.3, -0.25) is 0 Å². The number of nitrogens with one attached hydrogen (secondary N) is 1. The second-order valence-corrected chi connectivity index (χ2v) is 7.73. The van der Waals surface area contributed by atoms with Crippen LogP contribution in [0.3, 0.4) is 0 Å². The van der Waals surface area contributed by atoms with Gasteiger partial charge in [-0.25, -0.2) is 27.9 Å². The fourth-order valence-electron chi connectivity index (χ4n) is 3.94. The van der Waals surface area contributed by atoms with Gasteiger partial charge in [-0.15, -0.1) is 0 Å². The lowest BCUT2D eigenvalue weighted by molar-refractivity contribution is 0.0429. The molecule has 0 radical (unpaired) electrons. The number of aliphatic hydroxyl groups excluding tert-OH is 1. The Labute approximate surface area is 183 Å². The van der Waals surface area contributed by atoms with Gasteiger partial charge < -0.3 is 25.0 Å². The van der Waals surface area contributed by atoms with Crippen LogP contribution in [0.2, 0.25) is 0 Å². The highest BCUT2D eigenvalue weighted by Crippen LogP contribution is 2.32. The van der Waals surface area contributed by atoms with Crippen molar-refractivity contribution in [2.24, 2.45) is 0 Å². The monoisotopic (exact) mass is 451 g/mol. The fraction of sp³-hybridized carbons (Fsp3) is 0.476. The predicted octanol–water partition coefficient (Wildman–Crippen LogP) is 2.99. The van der Waals surface area contributed by atoms with Crippen LogP contribution in [0.5, 0.6) is 0 Å². The third-order valence-corrected chi connectivity index (χ3v) is 5.64. The van der Waals surface area contributed by atoms with E-state index in [1.54, 1.807) is 16.7 Å². The van der Waals surface area contributed by atoms with Gasteiger partial charge in [0.25, 0.3) is 6.43 Å². The molecule has 0 saturated carbocycles. The molecule has 0 bridgehead atoms. The van der Waals surface area contributed by atoms with Gasteiger partial charge in [-0.2, -0.15) is 0 Å². The van der Waals surface area contributed by atoms with Crippen molar-refractivity contribution in [2.45, 2.75) is 39.1 Å². The van der Waals surface area contributed by atoms with Crippen LogP contribution >= 0.6 is 0 Å². The number of hydrogen-bond acceptors (Lipinski definition) is 6. The van der Waals surface area contributed by atoms with E-state index in [1.807, 2.05) is 0 Å². The summed E-state index contributed by atoms with van der Waals surface area (Å²) in [6, 6.07) is 3.03. The van der Waals surface area contributed by atoms with Crippen molar-refractivity contribution in [1.29, 1.82) is 0 Å². The third kappa shape index (κ3) is 4.35. The van der Waals surface area contributed by atoms with Gasteiger partial charge in [0.1, 0.15) is 18.2 Å². The Balaban J connectivity index is 1.58. The summed E-state index contributed by atoms with van der Waals surface area (Å²) in [5.74, 6) is -0.480. The number of fused-ring (bicyclic) bond motifs is 1. The maximum atomic E-state index is 14.6. The molecular formula is C21H24F3N5O3. The Kier molecular flexibility index (Phi) is 6.47. The smallest absolute Gasteiger partial charge is 0.320 e. The van der Waals surface area contributed by atoms with E-state index in [1.165, 1.54) is 12.1 Å². The summed E-state index contributed by atoms with van der Waals surface area (Å²) in [6.07, 6.45) is -2.92. The standard InChI is InChI=1S/C21H24F3N5O3/c1-12(13-3-2-4-14(18(13)22)19(23)24)25-20-15-9-29(10-16(15)26-17(11-30)27-20)21(31)28-5-7-32-8-6-28/h2-4,12,19,30H,5-11H2,1H3,(H,25,26,27)/t12-/m1/s1. The van der Waals surface area contributed by atoms with Gasteiger partial charge in [0, 0.05) is 24.2 Å². The molecule has 3 heterocycles. The number of anilines is 1. The number of alkyl halides is 2. The van der Waals surface area contributed by atoms with Crippen molar-refractivity contribution >= 4 is 11.8 Å². The fourth-order valence-corrected chi connectivity index (χ4v) is 3.94. The molecule has 2 aliphatic rings. The number of urea groups is 1. The third-order valence-electron chi connectivity index (χ3n) is 5.64. The van der Waals surface area contributed by atoms with Crippen molar-refractivity contribution in [1.82, 2.24) is 19.8 Å². The van der Waals surface area contributed by atoms with Crippen LogP contribution in [0.4, 0.5) is 23.8 Å². The van der Waals surface area contributed by atoms with Crippen LogP contribution in [-0.2, 0) is 24.4 Å². The molecule has 1 aromatic heterocycles. The second kappa shape index (κ2) is 9.29. The molecule has 0 spiro atoms. The van der Waals surface area contributed by atoms with Gasteiger partial charge in [-0.1, -0.05) is 18.2 Å². The Hall–Kier alpha value is -2.92. The van der Waals surface area contributed by atoms with E-state index in [2.05, 4.69) is 15.3 Å². The Bertz CT molecular complexity index is 1000. The molecule has 1 fully saturated rings. The van der Waals surface area contributed by atoms with Crippen LogP contribution < -0.4 is 5.32 Å². The lowest BCUT2D eigenvalue weighted by atomic mass is 10.0.